The van der Waals surface area contributed by atoms with Gasteiger partial charge in [-0.2, -0.15) is 0 Å². The minimum absolute atomic E-state index is 0.149. The fourth-order valence-corrected chi connectivity index (χ4v) is 1.81. The number of hydrogen-bond donors (Lipinski definition) is 1. The highest BCUT2D eigenvalue weighted by Gasteiger charge is 2.20. The summed E-state index contributed by atoms with van der Waals surface area (Å²) in [4.78, 5) is 22.0. The van der Waals surface area contributed by atoms with Crippen LogP contribution in [0.5, 0.6) is 0 Å². The maximum absolute atomic E-state index is 13.5. The Hall–Kier alpha value is -2.54. The molecular formula is C13H7ClF2N2O3. The van der Waals surface area contributed by atoms with Gasteiger partial charge in [0.1, 0.15) is 5.69 Å². The number of benzene rings is 2. The van der Waals surface area contributed by atoms with Gasteiger partial charge in [0, 0.05) is 11.1 Å². The molecule has 2 rings (SSSR count). The molecule has 21 heavy (non-hydrogen) atoms. The molecule has 1 N–H and O–H groups in total. The molecule has 108 valence electrons. The van der Waals surface area contributed by atoms with Crippen LogP contribution in [-0.2, 0) is 0 Å². The van der Waals surface area contributed by atoms with Gasteiger partial charge in [0.05, 0.1) is 10.5 Å². The van der Waals surface area contributed by atoms with Gasteiger partial charge in [-0.25, -0.2) is 8.78 Å². The Labute approximate surface area is 122 Å². The second-order valence-corrected chi connectivity index (χ2v) is 4.41. The third-order valence-corrected chi connectivity index (χ3v) is 2.83. The molecule has 0 aliphatic heterocycles. The van der Waals surface area contributed by atoms with E-state index in [1.54, 1.807) is 0 Å². The lowest BCUT2D eigenvalue weighted by molar-refractivity contribution is -0.383. The van der Waals surface area contributed by atoms with E-state index >= 15 is 0 Å². The molecule has 0 radical (unpaired) electrons. The molecule has 5 nitrogen and oxygen atoms in total. The zero-order chi connectivity index (χ0) is 15.6. The van der Waals surface area contributed by atoms with Crippen molar-refractivity contribution in [2.75, 3.05) is 5.32 Å². The smallest absolute Gasteiger partial charge is 0.292 e. The van der Waals surface area contributed by atoms with E-state index in [2.05, 4.69) is 5.32 Å². The Morgan fingerprint density at radius 1 is 1.24 bits per heavy atom. The fraction of sp³-hybridized carbons (Fsp3) is 0. The first kappa shape index (κ1) is 14.9. The number of nitro benzene ring substituents is 1. The highest BCUT2D eigenvalue weighted by atomic mass is 35.5. The highest BCUT2D eigenvalue weighted by Crippen LogP contribution is 2.28. The molecule has 0 heterocycles. The summed E-state index contributed by atoms with van der Waals surface area (Å²) < 4.78 is 26.6. The van der Waals surface area contributed by atoms with Gasteiger partial charge in [-0.1, -0.05) is 17.7 Å². The predicted molar refractivity (Wildman–Crippen MR) is 72.4 cm³/mol. The van der Waals surface area contributed by atoms with E-state index in [0.717, 1.165) is 30.3 Å². The first-order valence-electron chi connectivity index (χ1n) is 5.59. The predicted octanol–water partition coefficient (Wildman–Crippen LogP) is 3.78. The molecule has 0 fully saturated rings. The SMILES string of the molecule is O=C(Nc1cc(Cl)ccc1[N+](=O)[O-])c1cccc(F)c1F. The summed E-state index contributed by atoms with van der Waals surface area (Å²) in [7, 11) is 0. The van der Waals surface area contributed by atoms with E-state index in [0.29, 0.717) is 0 Å². The molecule has 0 aliphatic rings. The number of nitrogens with zero attached hydrogens (tertiary/aromatic N) is 1. The second kappa shape index (κ2) is 5.84. The van der Waals surface area contributed by atoms with Crippen LogP contribution in [0.25, 0.3) is 0 Å². The first-order valence-corrected chi connectivity index (χ1v) is 5.97. The number of anilines is 1. The molecule has 0 atom stereocenters. The minimum atomic E-state index is -1.33. The molecule has 0 aliphatic carbocycles. The van der Waals surface area contributed by atoms with E-state index in [-0.39, 0.29) is 10.7 Å². The number of amides is 1. The summed E-state index contributed by atoms with van der Waals surface area (Å²) in [5, 5.41) is 13.1. The number of nitro groups is 1. The first-order chi connectivity index (χ1) is 9.90. The van der Waals surface area contributed by atoms with Crippen LogP contribution in [0, 0.1) is 21.7 Å². The molecule has 0 aromatic heterocycles. The molecule has 2 aromatic rings. The number of carbonyl (C=O) groups is 1. The third-order valence-electron chi connectivity index (χ3n) is 2.60. The third kappa shape index (κ3) is 3.14. The van der Waals surface area contributed by atoms with Crippen molar-refractivity contribution in [1.29, 1.82) is 0 Å². The van der Waals surface area contributed by atoms with Gasteiger partial charge in [0.15, 0.2) is 11.6 Å². The lowest BCUT2D eigenvalue weighted by Crippen LogP contribution is -2.15. The van der Waals surface area contributed by atoms with Crippen LogP contribution in [0.4, 0.5) is 20.2 Å². The fourth-order valence-electron chi connectivity index (χ4n) is 1.64. The summed E-state index contributed by atoms with van der Waals surface area (Å²) in [5.41, 5.74) is -1.19. The Bertz CT molecular complexity index is 737. The van der Waals surface area contributed by atoms with Crippen molar-refractivity contribution in [3.05, 3.63) is 68.7 Å². The monoisotopic (exact) mass is 312 g/mol. The van der Waals surface area contributed by atoms with E-state index < -0.39 is 33.7 Å². The number of carbonyl (C=O) groups excluding carboxylic acids is 1. The largest absolute Gasteiger partial charge is 0.316 e. The van der Waals surface area contributed by atoms with Crippen LogP contribution in [0.1, 0.15) is 10.4 Å². The zero-order valence-corrected chi connectivity index (χ0v) is 11.0. The zero-order valence-electron chi connectivity index (χ0n) is 10.3. The van der Waals surface area contributed by atoms with Crippen molar-refractivity contribution < 1.29 is 18.5 Å². The molecule has 0 bridgehead atoms. The molecule has 1 amide bonds. The van der Waals surface area contributed by atoms with E-state index in [4.69, 9.17) is 11.6 Å². The van der Waals surface area contributed by atoms with Crippen LogP contribution in [0.15, 0.2) is 36.4 Å². The topological polar surface area (TPSA) is 72.2 Å². The quantitative estimate of drug-likeness (QED) is 0.692. The number of hydrogen-bond acceptors (Lipinski definition) is 3. The van der Waals surface area contributed by atoms with E-state index in [9.17, 15) is 23.7 Å². The minimum Gasteiger partial charge on any atom is -0.316 e. The molecule has 0 unspecified atom stereocenters. The summed E-state index contributed by atoms with van der Waals surface area (Å²) >= 11 is 5.70. The molecule has 0 saturated heterocycles. The van der Waals surface area contributed by atoms with Gasteiger partial charge in [-0.3, -0.25) is 14.9 Å². The number of halogens is 3. The van der Waals surface area contributed by atoms with Crippen molar-refractivity contribution >= 4 is 28.9 Å². The lowest BCUT2D eigenvalue weighted by Gasteiger charge is -2.07. The van der Waals surface area contributed by atoms with Gasteiger partial charge in [0.25, 0.3) is 11.6 Å². The summed E-state index contributed by atoms with van der Waals surface area (Å²) in [6.45, 7) is 0. The number of rotatable bonds is 3. The maximum Gasteiger partial charge on any atom is 0.292 e. The molecule has 8 heteroatoms. The molecule has 0 spiro atoms. The summed E-state index contributed by atoms with van der Waals surface area (Å²) in [6, 6.07) is 6.59. The molecule has 0 saturated carbocycles. The Balaban J connectivity index is 2.38. The van der Waals surface area contributed by atoms with Gasteiger partial charge in [0.2, 0.25) is 0 Å². The second-order valence-electron chi connectivity index (χ2n) is 3.97. The van der Waals surface area contributed by atoms with E-state index in [1.807, 2.05) is 0 Å². The van der Waals surface area contributed by atoms with Crippen molar-refractivity contribution in [3.8, 4) is 0 Å². The lowest BCUT2D eigenvalue weighted by atomic mass is 10.2. The average molecular weight is 313 g/mol. The van der Waals surface area contributed by atoms with Crippen LogP contribution in [0.3, 0.4) is 0 Å². The van der Waals surface area contributed by atoms with Crippen molar-refractivity contribution in [2.24, 2.45) is 0 Å². The van der Waals surface area contributed by atoms with Crippen LogP contribution < -0.4 is 5.32 Å². The van der Waals surface area contributed by atoms with Crippen molar-refractivity contribution in [2.45, 2.75) is 0 Å². The molecule has 2 aromatic carbocycles. The van der Waals surface area contributed by atoms with Crippen molar-refractivity contribution in [3.63, 3.8) is 0 Å². The van der Waals surface area contributed by atoms with Crippen LogP contribution >= 0.6 is 11.6 Å². The average Bonchev–Trinajstić information content (AvgIpc) is 2.41. The summed E-state index contributed by atoms with van der Waals surface area (Å²) in [5.74, 6) is -3.54. The van der Waals surface area contributed by atoms with Gasteiger partial charge in [-0.05, 0) is 24.3 Å². The van der Waals surface area contributed by atoms with Gasteiger partial charge in [-0.15, -0.1) is 0 Å². The highest BCUT2D eigenvalue weighted by molar-refractivity contribution is 6.31. The summed E-state index contributed by atoms with van der Waals surface area (Å²) in [6.07, 6.45) is 0. The van der Waals surface area contributed by atoms with Crippen molar-refractivity contribution in [1.82, 2.24) is 0 Å². The maximum atomic E-state index is 13.5. The normalized spacial score (nSPS) is 10.2. The van der Waals surface area contributed by atoms with Gasteiger partial charge < -0.3 is 5.32 Å². The Morgan fingerprint density at radius 3 is 2.62 bits per heavy atom. The van der Waals surface area contributed by atoms with Gasteiger partial charge >= 0.3 is 0 Å². The van der Waals surface area contributed by atoms with Crippen LogP contribution in [-0.4, -0.2) is 10.8 Å². The number of nitrogens with one attached hydrogen (secondary N) is 1. The Morgan fingerprint density at radius 2 is 1.95 bits per heavy atom. The Kier molecular flexibility index (Phi) is 4.13. The standard InChI is InChI=1S/C13H7ClF2N2O3/c14-7-4-5-11(18(20)21)10(6-7)17-13(19)8-2-1-3-9(15)12(8)16/h1-6H,(H,17,19). The van der Waals surface area contributed by atoms with E-state index in [1.165, 1.54) is 6.07 Å². The van der Waals surface area contributed by atoms with Crippen LogP contribution in [0.2, 0.25) is 5.02 Å². The molecular weight excluding hydrogens is 306 g/mol.